The summed E-state index contributed by atoms with van der Waals surface area (Å²) >= 11 is 6.06. The first-order chi connectivity index (χ1) is 8.25. The molecule has 1 fully saturated rings. The molecule has 2 heterocycles. The van der Waals surface area contributed by atoms with Gasteiger partial charge in [-0.15, -0.1) is 0 Å². The lowest BCUT2D eigenvalue weighted by Gasteiger charge is -2.10. The molecule has 1 aliphatic heterocycles. The predicted octanol–water partition coefficient (Wildman–Crippen LogP) is 2.61. The van der Waals surface area contributed by atoms with Crippen molar-refractivity contribution in [2.24, 2.45) is 0 Å². The highest BCUT2D eigenvalue weighted by atomic mass is 35.5. The van der Waals surface area contributed by atoms with E-state index in [9.17, 15) is 4.79 Å². The smallest absolute Gasteiger partial charge is 0.253 e. The lowest BCUT2D eigenvalue weighted by Crippen LogP contribution is -2.22. The van der Waals surface area contributed by atoms with Crippen LogP contribution in [0, 0.1) is 0 Å². The summed E-state index contributed by atoms with van der Waals surface area (Å²) in [5, 5.41) is 4.92. The first-order valence-corrected chi connectivity index (χ1v) is 6.18. The van der Waals surface area contributed by atoms with Crippen LogP contribution in [0.3, 0.4) is 0 Å². The molecule has 0 radical (unpaired) electrons. The van der Waals surface area contributed by atoms with Crippen molar-refractivity contribution in [2.75, 3.05) is 6.54 Å². The fourth-order valence-electron chi connectivity index (χ4n) is 2.42. The Morgan fingerprint density at radius 2 is 2.24 bits per heavy atom. The lowest BCUT2D eigenvalue weighted by molar-refractivity contribution is 0.641. The molecule has 3 rings (SSSR count). The van der Waals surface area contributed by atoms with E-state index in [4.69, 9.17) is 11.6 Å². The Hall–Kier alpha value is -1.32. The summed E-state index contributed by atoms with van der Waals surface area (Å²) in [4.78, 5) is 14.9. The molecular formula is C13H13ClN2O. The number of pyridine rings is 1. The van der Waals surface area contributed by atoms with Crippen molar-refractivity contribution >= 4 is 22.5 Å². The highest BCUT2D eigenvalue weighted by molar-refractivity contribution is 6.35. The third kappa shape index (κ3) is 1.85. The van der Waals surface area contributed by atoms with Crippen LogP contribution in [0.5, 0.6) is 0 Å². The van der Waals surface area contributed by atoms with Gasteiger partial charge in [0.05, 0.1) is 10.5 Å². The zero-order valence-electron chi connectivity index (χ0n) is 9.29. The molecule has 1 atom stereocenters. The Kier molecular flexibility index (Phi) is 2.65. The number of halogens is 1. The Morgan fingerprint density at radius 1 is 1.35 bits per heavy atom. The van der Waals surface area contributed by atoms with Gasteiger partial charge in [0.1, 0.15) is 0 Å². The summed E-state index contributed by atoms with van der Waals surface area (Å²) in [6.45, 7) is 0.984. The van der Waals surface area contributed by atoms with E-state index in [0.717, 1.165) is 35.9 Å². The van der Waals surface area contributed by atoms with E-state index >= 15 is 0 Å². The Labute approximate surface area is 104 Å². The monoisotopic (exact) mass is 248 g/mol. The number of rotatable bonds is 1. The zero-order valence-corrected chi connectivity index (χ0v) is 10.1. The van der Waals surface area contributed by atoms with Crippen LogP contribution < -0.4 is 10.9 Å². The normalized spacial score (nSPS) is 19.9. The molecule has 1 aromatic heterocycles. The minimum absolute atomic E-state index is 0.0370. The third-order valence-corrected chi connectivity index (χ3v) is 3.61. The molecule has 0 aliphatic carbocycles. The Bertz CT molecular complexity index is 614. The van der Waals surface area contributed by atoms with Crippen LogP contribution in [0.15, 0.2) is 29.1 Å². The van der Waals surface area contributed by atoms with Gasteiger partial charge >= 0.3 is 0 Å². The van der Waals surface area contributed by atoms with Gasteiger partial charge in [0, 0.05) is 17.0 Å². The van der Waals surface area contributed by atoms with E-state index in [0.29, 0.717) is 5.02 Å². The van der Waals surface area contributed by atoms with Gasteiger partial charge in [-0.25, -0.2) is 0 Å². The third-order valence-electron chi connectivity index (χ3n) is 3.29. The fraction of sp³-hybridized carbons (Fsp3) is 0.308. The molecule has 0 amide bonds. The fourth-order valence-corrected chi connectivity index (χ4v) is 2.65. The molecule has 1 saturated heterocycles. The molecule has 17 heavy (non-hydrogen) atoms. The average molecular weight is 249 g/mol. The molecule has 1 aromatic carbocycles. The second-order valence-corrected chi connectivity index (χ2v) is 4.81. The van der Waals surface area contributed by atoms with Crippen molar-refractivity contribution in [1.29, 1.82) is 0 Å². The molecule has 0 saturated carbocycles. The van der Waals surface area contributed by atoms with Gasteiger partial charge in [0.15, 0.2) is 0 Å². The second kappa shape index (κ2) is 4.17. The second-order valence-electron chi connectivity index (χ2n) is 4.41. The first kappa shape index (κ1) is 10.8. The quantitative estimate of drug-likeness (QED) is 0.815. The molecule has 1 unspecified atom stereocenters. The van der Waals surface area contributed by atoms with Crippen LogP contribution >= 0.6 is 11.6 Å². The van der Waals surface area contributed by atoms with Crippen molar-refractivity contribution in [3.63, 3.8) is 0 Å². The van der Waals surface area contributed by atoms with Crippen LogP contribution in [-0.4, -0.2) is 11.5 Å². The Morgan fingerprint density at radius 3 is 3.00 bits per heavy atom. The van der Waals surface area contributed by atoms with Crippen LogP contribution in [0.1, 0.15) is 24.4 Å². The average Bonchev–Trinajstić information content (AvgIpc) is 2.83. The van der Waals surface area contributed by atoms with Crippen molar-refractivity contribution in [1.82, 2.24) is 10.3 Å². The van der Waals surface area contributed by atoms with E-state index in [1.165, 1.54) is 0 Å². The minimum Gasteiger partial charge on any atom is -0.320 e. The van der Waals surface area contributed by atoms with Crippen molar-refractivity contribution in [3.05, 3.63) is 45.2 Å². The number of nitrogens with one attached hydrogen (secondary N) is 2. The Balaban J connectivity index is 2.20. The molecule has 4 heteroatoms. The van der Waals surface area contributed by atoms with Crippen molar-refractivity contribution in [3.8, 4) is 0 Å². The summed E-state index contributed by atoms with van der Waals surface area (Å²) in [6.07, 6.45) is 2.15. The molecule has 2 aromatic rings. The van der Waals surface area contributed by atoms with Crippen molar-refractivity contribution in [2.45, 2.75) is 18.9 Å². The topological polar surface area (TPSA) is 44.9 Å². The number of fused-ring (bicyclic) bond motifs is 1. The van der Waals surface area contributed by atoms with Gasteiger partial charge in [-0.1, -0.05) is 23.7 Å². The molecule has 0 spiro atoms. The van der Waals surface area contributed by atoms with E-state index in [1.807, 2.05) is 18.2 Å². The van der Waals surface area contributed by atoms with Gasteiger partial charge in [-0.2, -0.15) is 0 Å². The summed E-state index contributed by atoms with van der Waals surface area (Å²) < 4.78 is 0. The highest BCUT2D eigenvalue weighted by Crippen LogP contribution is 2.25. The number of benzene rings is 1. The van der Waals surface area contributed by atoms with Crippen LogP contribution in [0.2, 0.25) is 5.02 Å². The number of hydrogen-bond donors (Lipinski definition) is 2. The zero-order chi connectivity index (χ0) is 11.8. The maximum absolute atomic E-state index is 12.0. The predicted molar refractivity (Wildman–Crippen MR) is 69.6 cm³/mol. The summed E-state index contributed by atoms with van der Waals surface area (Å²) in [6, 6.07) is 7.78. The standard InChI is InChI=1S/C13H13ClN2O/c14-10-4-1-3-8-7-9(11-5-2-6-15-11)13(17)16-12(8)10/h1,3-4,7,11,15H,2,5-6H2,(H,16,17). The number of para-hydroxylation sites is 1. The number of aromatic nitrogens is 1. The summed E-state index contributed by atoms with van der Waals surface area (Å²) in [5.41, 5.74) is 1.50. The molecule has 3 nitrogen and oxygen atoms in total. The van der Waals surface area contributed by atoms with E-state index in [1.54, 1.807) is 6.07 Å². The van der Waals surface area contributed by atoms with E-state index < -0.39 is 0 Å². The molecule has 88 valence electrons. The maximum Gasteiger partial charge on any atom is 0.253 e. The molecule has 1 aliphatic rings. The number of hydrogen-bond acceptors (Lipinski definition) is 2. The highest BCUT2D eigenvalue weighted by Gasteiger charge is 2.19. The summed E-state index contributed by atoms with van der Waals surface area (Å²) in [5.74, 6) is 0. The lowest BCUT2D eigenvalue weighted by atomic mass is 10.0. The van der Waals surface area contributed by atoms with Gasteiger partial charge < -0.3 is 10.3 Å². The molecule has 0 bridgehead atoms. The first-order valence-electron chi connectivity index (χ1n) is 5.80. The number of H-pyrrole nitrogens is 1. The summed E-state index contributed by atoms with van der Waals surface area (Å²) in [7, 11) is 0. The molecule has 2 N–H and O–H groups in total. The van der Waals surface area contributed by atoms with E-state index in [-0.39, 0.29) is 11.6 Å². The van der Waals surface area contributed by atoms with Gasteiger partial charge in [-0.3, -0.25) is 4.79 Å². The van der Waals surface area contributed by atoms with Crippen LogP contribution in [0.25, 0.3) is 10.9 Å². The van der Waals surface area contributed by atoms with Gasteiger partial charge in [0.25, 0.3) is 5.56 Å². The largest absolute Gasteiger partial charge is 0.320 e. The van der Waals surface area contributed by atoms with Crippen molar-refractivity contribution < 1.29 is 0 Å². The maximum atomic E-state index is 12.0. The number of aromatic amines is 1. The van der Waals surface area contributed by atoms with Gasteiger partial charge in [0.2, 0.25) is 0 Å². The molecular weight excluding hydrogens is 236 g/mol. The van der Waals surface area contributed by atoms with E-state index in [2.05, 4.69) is 10.3 Å². The minimum atomic E-state index is -0.0370. The SMILES string of the molecule is O=c1[nH]c2c(Cl)cccc2cc1C1CCCN1. The van der Waals surface area contributed by atoms with Crippen LogP contribution in [0.4, 0.5) is 0 Å². The van der Waals surface area contributed by atoms with Gasteiger partial charge in [-0.05, 0) is 31.5 Å². The van der Waals surface area contributed by atoms with Crippen LogP contribution in [-0.2, 0) is 0 Å².